The molecule has 4 aromatic rings. The summed E-state index contributed by atoms with van der Waals surface area (Å²) in [6.45, 7) is 5.29. The maximum atomic E-state index is 5.86. The Bertz CT molecular complexity index is 971. The third-order valence-electron chi connectivity index (χ3n) is 5.09. The van der Waals surface area contributed by atoms with Gasteiger partial charge in [0.15, 0.2) is 0 Å². The van der Waals surface area contributed by atoms with Gasteiger partial charge in [-0.25, -0.2) is 0 Å². The first-order chi connectivity index (χ1) is 14.7. The van der Waals surface area contributed by atoms with Gasteiger partial charge in [0.25, 0.3) is 0 Å². The average molecular weight is 395 g/mol. The van der Waals surface area contributed by atoms with Gasteiger partial charge < -0.3 is 9.47 Å². The molecule has 0 aromatic heterocycles. The number of aryl methyl sites for hydroxylation is 2. The van der Waals surface area contributed by atoms with Crippen molar-refractivity contribution < 1.29 is 9.47 Å². The highest BCUT2D eigenvalue weighted by Crippen LogP contribution is 2.22. The molecule has 4 rings (SSSR count). The predicted molar refractivity (Wildman–Crippen MR) is 123 cm³/mol. The first-order valence-electron chi connectivity index (χ1n) is 10.2. The monoisotopic (exact) mass is 394 g/mol. The fourth-order valence-corrected chi connectivity index (χ4v) is 3.19. The molecule has 0 atom stereocenters. The fraction of sp³-hybridized carbons (Fsp3) is 0.143. The Hall–Kier alpha value is -3.52. The molecule has 0 fully saturated rings. The van der Waals surface area contributed by atoms with Crippen LogP contribution in [-0.4, -0.2) is 0 Å². The largest absolute Gasteiger partial charge is 0.489 e. The van der Waals surface area contributed by atoms with Gasteiger partial charge in [-0.1, -0.05) is 83.9 Å². The van der Waals surface area contributed by atoms with Crippen molar-refractivity contribution >= 4 is 0 Å². The predicted octanol–water partition coefficient (Wildman–Crippen LogP) is 7.13. The van der Waals surface area contributed by atoms with Crippen molar-refractivity contribution in [3.8, 4) is 22.6 Å². The zero-order valence-electron chi connectivity index (χ0n) is 17.5. The third-order valence-corrected chi connectivity index (χ3v) is 5.09. The fourth-order valence-electron chi connectivity index (χ4n) is 3.19. The van der Waals surface area contributed by atoms with E-state index in [1.165, 1.54) is 22.3 Å². The highest BCUT2D eigenvalue weighted by atomic mass is 16.5. The van der Waals surface area contributed by atoms with E-state index in [-0.39, 0.29) is 0 Å². The summed E-state index contributed by atoms with van der Waals surface area (Å²) in [6.07, 6.45) is 0. The molecule has 0 aliphatic carbocycles. The summed E-state index contributed by atoms with van der Waals surface area (Å²) in [5.41, 5.74) is 7.17. The third kappa shape index (κ3) is 5.30. The highest BCUT2D eigenvalue weighted by Gasteiger charge is 2.02. The standard InChI is InChI=1S/C28H26O2/c1-21-3-15-27(16-4-21)29-19-23-7-11-25(12-8-23)26-13-9-24(10-14-26)20-30-28-17-5-22(2)6-18-28/h3-18H,19-20H2,1-2H3. The molecule has 0 radical (unpaired) electrons. The highest BCUT2D eigenvalue weighted by molar-refractivity contribution is 5.64. The van der Waals surface area contributed by atoms with E-state index in [0.717, 1.165) is 22.6 Å². The van der Waals surface area contributed by atoms with E-state index < -0.39 is 0 Å². The number of benzene rings is 4. The summed E-state index contributed by atoms with van der Waals surface area (Å²) in [5, 5.41) is 0. The molecule has 2 heteroatoms. The van der Waals surface area contributed by atoms with E-state index in [2.05, 4.69) is 86.6 Å². The zero-order valence-corrected chi connectivity index (χ0v) is 17.5. The lowest BCUT2D eigenvalue weighted by Gasteiger charge is -2.09. The number of ether oxygens (including phenoxy) is 2. The summed E-state index contributed by atoms with van der Waals surface area (Å²) in [6, 6.07) is 33.4. The second-order valence-electron chi connectivity index (χ2n) is 7.60. The van der Waals surface area contributed by atoms with Crippen LogP contribution >= 0.6 is 0 Å². The lowest BCUT2D eigenvalue weighted by molar-refractivity contribution is 0.306. The summed E-state index contributed by atoms with van der Waals surface area (Å²) in [7, 11) is 0. The van der Waals surface area contributed by atoms with Crippen LogP contribution in [0.4, 0.5) is 0 Å². The molecule has 0 unspecified atom stereocenters. The minimum absolute atomic E-state index is 0.568. The second-order valence-corrected chi connectivity index (χ2v) is 7.60. The Kier molecular flexibility index (Phi) is 6.14. The van der Waals surface area contributed by atoms with E-state index in [9.17, 15) is 0 Å². The van der Waals surface area contributed by atoms with Crippen LogP contribution in [0, 0.1) is 13.8 Å². The maximum Gasteiger partial charge on any atom is 0.119 e. The summed E-state index contributed by atoms with van der Waals surface area (Å²) in [5.74, 6) is 1.79. The molecule has 0 amide bonds. The van der Waals surface area contributed by atoms with Crippen molar-refractivity contribution in [2.75, 3.05) is 0 Å². The molecule has 0 aliphatic heterocycles. The molecular weight excluding hydrogens is 368 g/mol. The van der Waals surface area contributed by atoms with Crippen LogP contribution < -0.4 is 9.47 Å². The van der Waals surface area contributed by atoms with E-state index in [4.69, 9.17) is 9.47 Å². The van der Waals surface area contributed by atoms with Gasteiger partial charge in [0.2, 0.25) is 0 Å². The Morgan fingerprint density at radius 1 is 0.433 bits per heavy atom. The Labute approximate surface area is 178 Å². The van der Waals surface area contributed by atoms with E-state index in [1.54, 1.807) is 0 Å². The molecule has 0 aliphatic rings. The minimum Gasteiger partial charge on any atom is -0.489 e. The van der Waals surface area contributed by atoms with Crippen molar-refractivity contribution in [1.29, 1.82) is 0 Å². The molecule has 0 bridgehead atoms. The van der Waals surface area contributed by atoms with E-state index in [1.807, 2.05) is 24.3 Å². The minimum atomic E-state index is 0.568. The maximum absolute atomic E-state index is 5.86. The van der Waals surface area contributed by atoms with Gasteiger partial charge in [-0.15, -0.1) is 0 Å². The van der Waals surface area contributed by atoms with Crippen LogP contribution in [0.5, 0.6) is 11.5 Å². The molecule has 0 heterocycles. The molecule has 30 heavy (non-hydrogen) atoms. The van der Waals surface area contributed by atoms with Crippen molar-refractivity contribution in [3.63, 3.8) is 0 Å². The Balaban J connectivity index is 1.33. The van der Waals surface area contributed by atoms with Crippen molar-refractivity contribution in [3.05, 3.63) is 119 Å². The average Bonchev–Trinajstić information content (AvgIpc) is 2.79. The van der Waals surface area contributed by atoms with Gasteiger partial charge in [0.1, 0.15) is 24.7 Å². The molecule has 4 aromatic carbocycles. The summed E-state index contributed by atoms with van der Waals surface area (Å²) in [4.78, 5) is 0. The molecule has 2 nitrogen and oxygen atoms in total. The van der Waals surface area contributed by atoms with E-state index in [0.29, 0.717) is 13.2 Å². The molecule has 0 saturated heterocycles. The molecule has 150 valence electrons. The lowest BCUT2D eigenvalue weighted by Crippen LogP contribution is -1.96. The van der Waals surface area contributed by atoms with Crippen LogP contribution in [0.15, 0.2) is 97.1 Å². The SMILES string of the molecule is Cc1ccc(OCc2ccc(-c3ccc(COc4ccc(C)cc4)cc3)cc2)cc1. The Morgan fingerprint density at radius 2 is 0.767 bits per heavy atom. The molecule has 0 N–H and O–H groups in total. The molecule has 0 saturated carbocycles. The number of hydrogen-bond acceptors (Lipinski definition) is 2. The van der Waals surface area contributed by atoms with Gasteiger partial charge in [-0.05, 0) is 60.4 Å². The number of rotatable bonds is 7. The van der Waals surface area contributed by atoms with Crippen molar-refractivity contribution in [2.24, 2.45) is 0 Å². The van der Waals surface area contributed by atoms with Gasteiger partial charge in [-0.2, -0.15) is 0 Å². The first kappa shape index (κ1) is 19.8. The quantitative estimate of drug-likeness (QED) is 0.332. The molecular formula is C28H26O2. The van der Waals surface area contributed by atoms with Crippen LogP contribution in [0.2, 0.25) is 0 Å². The van der Waals surface area contributed by atoms with Gasteiger partial charge in [0.05, 0.1) is 0 Å². The van der Waals surface area contributed by atoms with Crippen LogP contribution in [-0.2, 0) is 13.2 Å². The zero-order chi connectivity index (χ0) is 20.8. The molecule has 0 spiro atoms. The van der Waals surface area contributed by atoms with Crippen LogP contribution in [0.1, 0.15) is 22.3 Å². The van der Waals surface area contributed by atoms with Gasteiger partial charge in [-0.3, -0.25) is 0 Å². The second kappa shape index (κ2) is 9.32. The van der Waals surface area contributed by atoms with Crippen molar-refractivity contribution in [1.82, 2.24) is 0 Å². The van der Waals surface area contributed by atoms with Crippen LogP contribution in [0.25, 0.3) is 11.1 Å². The topological polar surface area (TPSA) is 18.5 Å². The smallest absolute Gasteiger partial charge is 0.119 e. The first-order valence-corrected chi connectivity index (χ1v) is 10.2. The summed E-state index contributed by atoms with van der Waals surface area (Å²) < 4.78 is 11.7. The normalized spacial score (nSPS) is 10.6. The van der Waals surface area contributed by atoms with Crippen molar-refractivity contribution in [2.45, 2.75) is 27.1 Å². The Morgan fingerprint density at radius 3 is 1.10 bits per heavy atom. The van der Waals surface area contributed by atoms with E-state index >= 15 is 0 Å². The lowest BCUT2D eigenvalue weighted by atomic mass is 10.0. The van der Waals surface area contributed by atoms with Gasteiger partial charge in [0, 0.05) is 0 Å². The summed E-state index contributed by atoms with van der Waals surface area (Å²) >= 11 is 0. The van der Waals surface area contributed by atoms with Gasteiger partial charge >= 0.3 is 0 Å². The number of hydrogen-bond donors (Lipinski definition) is 0. The van der Waals surface area contributed by atoms with Crippen LogP contribution in [0.3, 0.4) is 0 Å².